The van der Waals surface area contributed by atoms with Crippen LogP contribution in [0.4, 0.5) is 20.6 Å². The molecule has 0 aliphatic rings. The molecule has 3 N–H and O–H groups in total. The van der Waals surface area contributed by atoms with E-state index < -0.39 is 0 Å². The molecule has 4 rings (SSSR count). The number of anilines is 2. The van der Waals surface area contributed by atoms with Gasteiger partial charge in [-0.1, -0.05) is 76.4 Å². The highest BCUT2D eigenvalue weighted by Gasteiger charge is 2.01. The first-order valence-corrected chi connectivity index (χ1v) is 16.3. The summed E-state index contributed by atoms with van der Waals surface area (Å²) in [4.78, 5) is 35.6. The number of allylic oxidation sites excluding steroid dienone is 1. The van der Waals surface area contributed by atoms with Crippen molar-refractivity contribution in [2.45, 2.75) is 76.0 Å². The molecule has 10 heteroatoms. The van der Waals surface area contributed by atoms with E-state index in [2.05, 4.69) is 65.0 Å². The van der Waals surface area contributed by atoms with Gasteiger partial charge >= 0.3 is 6.03 Å². The third-order valence-electron chi connectivity index (χ3n) is 5.97. The Morgan fingerprint density at radius 2 is 1.43 bits per heavy atom. The van der Waals surface area contributed by atoms with Gasteiger partial charge in [-0.2, -0.15) is 0 Å². The Hall–Kier alpha value is -5.63. The molecule has 3 amide bonds. The number of hydrogen-bond acceptors (Lipinski definition) is 6. The van der Waals surface area contributed by atoms with Gasteiger partial charge in [-0.25, -0.2) is 9.18 Å². The van der Waals surface area contributed by atoms with Crippen molar-refractivity contribution in [3.05, 3.63) is 138 Å². The summed E-state index contributed by atoms with van der Waals surface area (Å²) in [7, 11) is 4.89. The van der Waals surface area contributed by atoms with Crippen LogP contribution in [0.15, 0.2) is 104 Å². The Kier molecular flexibility index (Phi) is 36.5. The summed E-state index contributed by atoms with van der Waals surface area (Å²) in [5.74, 6) is 2.05. The summed E-state index contributed by atoms with van der Waals surface area (Å²) in [6.45, 7) is 15.3. The van der Waals surface area contributed by atoms with Crippen LogP contribution in [0.2, 0.25) is 0 Å². The molecule has 0 fully saturated rings. The molecule has 0 unspecified atom stereocenters. The molecule has 9 nitrogen and oxygen atoms in total. The van der Waals surface area contributed by atoms with Crippen molar-refractivity contribution < 1.29 is 28.2 Å². The molecule has 0 bridgehead atoms. The highest BCUT2D eigenvalue weighted by molar-refractivity contribution is 5.89. The van der Waals surface area contributed by atoms with E-state index in [1.165, 1.54) is 43.3 Å². The van der Waals surface area contributed by atoms with Crippen LogP contribution in [0.25, 0.3) is 0 Å². The van der Waals surface area contributed by atoms with E-state index >= 15 is 0 Å². The van der Waals surface area contributed by atoms with E-state index in [9.17, 15) is 18.8 Å². The minimum absolute atomic E-state index is 0. The first kappa shape index (κ1) is 55.1. The van der Waals surface area contributed by atoms with Gasteiger partial charge in [0, 0.05) is 52.2 Å². The predicted molar refractivity (Wildman–Crippen MR) is 225 cm³/mol. The van der Waals surface area contributed by atoms with Crippen LogP contribution in [-0.4, -0.2) is 44.0 Å². The Bertz CT molecular complexity index is 1640. The molecule has 1 heterocycles. The second-order valence-electron chi connectivity index (χ2n) is 10.7. The second kappa shape index (κ2) is 35.8. The van der Waals surface area contributed by atoms with Gasteiger partial charge in [0.1, 0.15) is 5.82 Å². The maximum absolute atomic E-state index is 12.8. The lowest BCUT2D eigenvalue weighted by molar-refractivity contribution is -0.115. The SMILES string of the molecule is C.C.C#CC.C=CC(=O)CC.CC(=O)Nc1cccc(C)c1.CNC(=O)Nc1ccc(F)c(C)c1.COCc1cccc(C)c1.COCc1ccccn1. The number of nitrogens with zero attached hydrogens (tertiary/aromatic N) is 1. The lowest BCUT2D eigenvalue weighted by Crippen LogP contribution is -2.24. The molecule has 0 spiro atoms. The molecule has 0 radical (unpaired) electrons. The van der Waals surface area contributed by atoms with Gasteiger partial charge in [-0.3, -0.25) is 14.6 Å². The molecule has 1 aromatic heterocycles. The highest BCUT2D eigenvalue weighted by Crippen LogP contribution is 2.13. The maximum Gasteiger partial charge on any atom is 0.318 e. The molecule has 3 aromatic carbocycles. The minimum atomic E-state index is -0.314. The number of pyridine rings is 1. The fourth-order valence-electron chi connectivity index (χ4n) is 3.59. The molecule has 0 saturated carbocycles. The number of aromatic nitrogens is 1. The monoisotopic (exact) mass is 746 g/mol. The molecule has 0 aliphatic heterocycles. The molecule has 54 heavy (non-hydrogen) atoms. The number of urea groups is 1. The van der Waals surface area contributed by atoms with Crippen LogP contribution in [0.5, 0.6) is 0 Å². The van der Waals surface area contributed by atoms with Crippen LogP contribution < -0.4 is 16.0 Å². The van der Waals surface area contributed by atoms with Gasteiger partial charge < -0.3 is 25.4 Å². The van der Waals surface area contributed by atoms with Crippen LogP contribution in [0.3, 0.4) is 0 Å². The largest absolute Gasteiger partial charge is 0.380 e. The van der Waals surface area contributed by atoms with Crippen molar-refractivity contribution in [2.24, 2.45) is 0 Å². The number of amides is 3. The Morgan fingerprint density at radius 3 is 1.85 bits per heavy atom. The molecular weight excluding hydrogens is 684 g/mol. The third-order valence-corrected chi connectivity index (χ3v) is 5.97. The number of hydrogen-bond donors (Lipinski definition) is 3. The van der Waals surface area contributed by atoms with Crippen molar-refractivity contribution in [3.63, 3.8) is 0 Å². The molecular formula is C44H63FN4O5. The molecule has 4 aromatic rings. The van der Waals surface area contributed by atoms with E-state index in [-0.39, 0.29) is 38.4 Å². The Morgan fingerprint density at radius 1 is 0.852 bits per heavy atom. The molecule has 0 saturated heterocycles. The van der Waals surface area contributed by atoms with Gasteiger partial charge in [-0.05, 0) is 92.9 Å². The van der Waals surface area contributed by atoms with E-state index in [1.54, 1.807) is 40.3 Å². The van der Waals surface area contributed by atoms with Gasteiger partial charge in [0.15, 0.2) is 5.78 Å². The number of nitrogens with one attached hydrogen (secondary N) is 3. The quantitative estimate of drug-likeness (QED) is 0.122. The van der Waals surface area contributed by atoms with Crippen molar-refractivity contribution in [1.82, 2.24) is 10.3 Å². The number of benzene rings is 3. The zero-order valence-corrected chi connectivity index (χ0v) is 32.0. The fourth-order valence-corrected chi connectivity index (χ4v) is 3.59. The summed E-state index contributed by atoms with van der Waals surface area (Å²) in [6.07, 6.45) is 8.26. The number of carbonyl (C=O) groups excluding carboxylic acids is 3. The summed E-state index contributed by atoms with van der Waals surface area (Å²) in [5.41, 5.74) is 6.60. The first-order valence-electron chi connectivity index (χ1n) is 16.3. The summed E-state index contributed by atoms with van der Waals surface area (Å²) in [5, 5.41) is 7.65. The third kappa shape index (κ3) is 31.1. The first-order chi connectivity index (χ1) is 24.8. The fraction of sp³-hybridized carbons (Fsp3) is 0.318. The van der Waals surface area contributed by atoms with Crippen molar-refractivity contribution >= 4 is 29.1 Å². The van der Waals surface area contributed by atoms with E-state index in [1.807, 2.05) is 62.4 Å². The number of ketones is 1. The average Bonchev–Trinajstić information content (AvgIpc) is 3.11. The highest BCUT2D eigenvalue weighted by atomic mass is 19.1. The topological polar surface area (TPSA) is 119 Å². The average molecular weight is 747 g/mol. The van der Waals surface area contributed by atoms with Crippen LogP contribution in [-0.2, 0) is 32.3 Å². The normalized spacial score (nSPS) is 8.54. The minimum Gasteiger partial charge on any atom is -0.380 e. The standard InChI is InChI=1S/C9H11FN2O.C9H11NO.C9H12O.C7H9NO.C5H8O.C3H4.2CH4/c1-6-5-7(3-4-8(6)10)12-9(13)11-2;1-7-4-3-5-9(6-7)10-8(2)11;1-8-4-3-5-9(6-8)7-10-2;1-9-6-7-4-2-3-5-8-7;1-3-5(6)4-2;1-3-2;;/h3-5H,1-2H3,(H2,11,12,13);3-6H,1-2H3,(H,10,11);3-6H,7H2,1-2H3;2-5H,6H2,1H3;3H,1,4H2,2H3;1H,2H3;2*1H4. The van der Waals surface area contributed by atoms with Crippen molar-refractivity contribution in [1.29, 1.82) is 0 Å². The number of rotatable bonds is 8. The molecule has 0 aliphatic carbocycles. The van der Waals surface area contributed by atoms with Crippen molar-refractivity contribution in [2.75, 3.05) is 31.9 Å². The number of methoxy groups -OCH3 is 2. The van der Waals surface area contributed by atoms with Crippen LogP contribution in [0, 0.1) is 38.9 Å². The van der Waals surface area contributed by atoms with E-state index in [0.29, 0.717) is 30.9 Å². The zero-order valence-electron chi connectivity index (χ0n) is 32.0. The summed E-state index contributed by atoms with van der Waals surface area (Å²) in [6, 6.07) is 25.9. The molecule has 0 atom stereocenters. The lowest BCUT2D eigenvalue weighted by Gasteiger charge is -2.05. The summed E-state index contributed by atoms with van der Waals surface area (Å²) >= 11 is 0. The van der Waals surface area contributed by atoms with Gasteiger partial charge in [0.2, 0.25) is 5.91 Å². The number of ether oxygens (including phenoxy) is 2. The van der Waals surface area contributed by atoms with Gasteiger partial charge in [0.25, 0.3) is 0 Å². The second-order valence-corrected chi connectivity index (χ2v) is 10.7. The predicted octanol–water partition coefficient (Wildman–Crippen LogP) is 10.3. The smallest absolute Gasteiger partial charge is 0.318 e. The lowest BCUT2D eigenvalue weighted by atomic mass is 10.1. The Balaban J connectivity index is -0.000000286. The van der Waals surface area contributed by atoms with Crippen molar-refractivity contribution in [3.8, 4) is 12.3 Å². The number of carbonyl (C=O) groups is 3. The number of terminal acetylenes is 1. The van der Waals surface area contributed by atoms with Gasteiger partial charge in [0.05, 0.1) is 18.9 Å². The van der Waals surface area contributed by atoms with Crippen LogP contribution in [0.1, 0.15) is 70.0 Å². The van der Waals surface area contributed by atoms with Gasteiger partial charge in [-0.15, -0.1) is 12.3 Å². The maximum atomic E-state index is 12.8. The van der Waals surface area contributed by atoms with E-state index in [0.717, 1.165) is 16.9 Å². The number of halogens is 1. The Labute approximate surface area is 324 Å². The van der Waals surface area contributed by atoms with E-state index in [4.69, 9.17) is 9.47 Å². The summed E-state index contributed by atoms with van der Waals surface area (Å²) < 4.78 is 22.6. The molecule has 296 valence electrons. The zero-order chi connectivity index (χ0) is 39.7. The number of aryl methyl sites for hydroxylation is 3. The van der Waals surface area contributed by atoms with Crippen LogP contribution >= 0.6 is 0 Å².